The molecule has 1 N–H and O–H groups in total. The lowest BCUT2D eigenvalue weighted by molar-refractivity contribution is 0.393. The quantitative estimate of drug-likeness (QED) is 0.928. The number of oxazole rings is 1. The zero-order valence-electron chi connectivity index (χ0n) is 11.9. The van der Waals surface area contributed by atoms with Crippen molar-refractivity contribution in [1.82, 2.24) is 9.71 Å². The van der Waals surface area contributed by atoms with E-state index in [-0.39, 0.29) is 5.92 Å². The van der Waals surface area contributed by atoms with Gasteiger partial charge in [0.2, 0.25) is 10.0 Å². The lowest BCUT2D eigenvalue weighted by atomic mass is 9.99. The van der Waals surface area contributed by atoms with E-state index in [1.54, 1.807) is 0 Å². The zero-order chi connectivity index (χ0) is 14.9. The normalized spacial score (nSPS) is 20.0. The predicted octanol–water partition coefficient (Wildman–Crippen LogP) is 1.59. The van der Waals surface area contributed by atoms with Gasteiger partial charge in [0.15, 0.2) is 5.58 Å². The van der Waals surface area contributed by atoms with E-state index in [0.717, 1.165) is 37.0 Å². The second kappa shape index (κ2) is 5.65. The van der Waals surface area contributed by atoms with Crippen molar-refractivity contribution in [3.8, 4) is 0 Å². The molecule has 1 unspecified atom stereocenters. The van der Waals surface area contributed by atoms with Crippen molar-refractivity contribution in [2.75, 3.05) is 30.8 Å². The van der Waals surface area contributed by atoms with Gasteiger partial charge in [-0.3, -0.25) is 0 Å². The summed E-state index contributed by atoms with van der Waals surface area (Å²) in [6.07, 6.45) is 3.21. The topological polar surface area (TPSA) is 75.4 Å². The Morgan fingerprint density at radius 2 is 2.24 bits per heavy atom. The molecule has 0 saturated carbocycles. The van der Waals surface area contributed by atoms with Gasteiger partial charge < -0.3 is 9.32 Å². The zero-order valence-corrected chi connectivity index (χ0v) is 12.8. The molecule has 0 aliphatic carbocycles. The van der Waals surface area contributed by atoms with E-state index in [0.29, 0.717) is 12.6 Å². The number of para-hydroxylation sites is 2. The monoisotopic (exact) mass is 309 g/mol. The van der Waals surface area contributed by atoms with Crippen LogP contribution >= 0.6 is 0 Å². The third-order valence-corrected chi connectivity index (χ3v) is 4.40. The Labute approximate surface area is 124 Å². The number of aromatic nitrogens is 1. The molecule has 0 radical (unpaired) electrons. The van der Waals surface area contributed by atoms with Crippen molar-refractivity contribution in [2.45, 2.75) is 12.8 Å². The molecule has 21 heavy (non-hydrogen) atoms. The third kappa shape index (κ3) is 3.54. The lowest BCUT2D eigenvalue weighted by Gasteiger charge is -2.31. The Morgan fingerprint density at radius 1 is 1.43 bits per heavy atom. The fourth-order valence-corrected chi connectivity index (χ4v) is 3.21. The molecule has 1 aromatic carbocycles. The molecular weight excluding hydrogens is 290 g/mol. The minimum atomic E-state index is -3.13. The number of nitrogens with zero attached hydrogens (tertiary/aromatic N) is 2. The van der Waals surface area contributed by atoms with Crippen LogP contribution < -0.4 is 9.62 Å². The van der Waals surface area contributed by atoms with Crippen molar-refractivity contribution >= 4 is 27.1 Å². The number of piperidine rings is 1. The Kier molecular flexibility index (Phi) is 3.86. The van der Waals surface area contributed by atoms with Crippen molar-refractivity contribution in [3.63, 3.8) is 0 Å². The molecule has 1 atom stereocenters. The number of nitrogens with one attached hydrogen (secondary N) is 1. The van der Waals surface area contributed by atoms with Gasteiger partial charge in [-0.05, 0) is 30.9 Å². The maximum atomic E-state index is 11.2. The molecule has 1 saturated heterocycles. The van der Waals surface area contributed by atoms with Crippen LogP contribution in [0.3, 0.4) is 0 Å². The summed E-state index contributed by atoms with van der Waals surface area (Å²) in [5.41, 5.74) is 1.63. The highest BCUT2D eigenvalue weighted by molar-refractivity contribution is 7.88. The lowest BCUT2D eigenvalue weighted by Crippen LogP contribution is -2.40. The molecule has 3 rings (SSSR count). The molecule has 0 bridgehead atoms. The van der Waals surface area contributed by atoms with Gasteiger partial charge in [0.25, 0.3) is 6.01 Å². The predicted molar refractivity (Wildman–Crippen MR) is 81.8 cm³/mol. The first kappa shape index (κ1) is 14.3. The maximum Gasteiger partial charge on any atom is 0.298 e. The number of hydrogen-bond acceptors (Lipinski definition) is 5. The van der Waals surface area contributed by atoms with Gasteiger partial charge in [0.1, 0.15) is 5.52 Å². The molecule has 1 aliphatic rings. The molecule has 7 heteroatoms. The highest BCUT2D eigenvalue weighted by Crippen LogP contribution is 2.26. The van der Waals surface area contributed by atoms with Crippen LogP contribution in [-0.4, -0.2) is 39.3 Å². The van der Waals surface area contributed by atoms with Gasteiger partial charge in [0.05, 0.1) is 6.26 Å². The first-order valence-electron chi connectivity index (χ1n) is 7.06. The van der Waals surface area contributed by atoms with Gasteiger partial charge in [-0.2, -0.15) is 4.98 Å². The molecule has 0 amide bonds. The Bertz CT molecular complexity index is 693. The molecule has 1 fully saturated rings. The van der Waals surface area contributed by atoms with Gasteiger partial charge in [0, 0.05) is 19.6 Å². The highest BCUT2D eigenvalue weighted by Gasteiger charge is 2.24. The van der Waals surface area contributed by atoms with Crippen LogP contribution in [0.15, 0.2) is 28.7 Å². The number of anilines is 1. The maximum absolute atomic E-state index is 11.2. The molecule has 2 aromatic rings. The van der Waals surface area contributed by atoms with Gasteiger partial charge in [-0.1, -0.05) is 12.1 Å². The van der Waals surface area contributed by atoms with Crippen LogP contribution in [0.2, 0.25) is 0 Å². The van der Waals surface area contributed by atoms with E-state index in [1.165, 1.54) is 6.26 Å². The second-order valence-corrected chi connectivity index (χ2v) is 7.37. The SMILES string of the molecule is CS(=O)(=O)NCC1CCCN(c2nc3ccccc3o2)C1. The number of fused-ring (bicyclic) bond motifs is 1. The minimum Gasteiger partial charge on any atom is -0.423 e. The highest BCUT2D eigenvalue weighted by atomic mass is 32.2. The van der Waals surface area contributed by atoms with Crippen LogP contribution in [0.4, 0.5) is 6.01 Å². The van der Waals surface area contributed by atoms with Crippen molar-refractivity contribution < 1.29 is 12.8 Å². The smallest absolute Gasteiger partial charge is 0.298 e. The number of benzene rings is 1. The number of sulfonamides is 1. The summed E-state index contributed by atoms with van der Waals surface area (Å²) in [6, 6.07) is 8.31. The summed E-state index contributed by atoms with van der Waals surface area (Å²) in [7, 11) is -3.13. The second-order valence-electron chi connectivity index (χ2n) is 5.54. The van der Waals surface area contributed by atoms with E-state index in [9.17, 15) is 8.42 Å². The molecule has 114 valence electrons. The molecule has 0 spiro atoms. The number of rotatable bonds is 4. The summed E-state index contributed by atoms with van der Waals surface area (Å²) >= 11 is 0. The van der Waals surface area contributed by atoms with Crippen LogP contribution in [0.1, 0.15) is 12.8 Å². The number of hydrogen-bond donors (Lipinski definition) is 1. The largest absolute Gasteiger partial charge is 0.423 e. The van der Waals surface area contributed by atoms with E-state index in [2.05, 4.69) is 14.6 Å². The van der Waals surface area contributed by atoms with Crippen LogP contribution in [0.25, 0.3) is 11.1 Å². The summed E-state index contributed by atoms with van der Waals surface area (Å²) in [5.74, 6) is 0.281. The van der Waals surface area contributed by atoms with Gasteiger partial charge in [-0.15, -0.1) is 0 Å². The van der Waals surface area contributed by atoms with Crippen LogP contribution in [0.5, 0.6) is 0 Å². The molecule has 1 aliphatic heterocycles. The van der Waals surface area contributed by atoms with E-state index < -0.39 is 10.0 Å². The Morgan fingerprint density at radius 3 is 3.00 bits per heavy atom. The molecular formula is C14H19N3O3S. The summed E-state index contributed by atoms with van der Waals surface area (Å²) in [5, 5.41) is 0. The van der Waals surface area contributed by atoms with Crippen LogP contribution in [0, 0.1) is 5.92 Å². The fraction of sp³-hybridized carbons (Fsp3) is 0.500. The first-order chi connectivity index (χ1) is 10.0. The Hall–Kier alpha value is -1.60. The van der Waals surface area contributed by atoms with Crippen molar-refractivity contribution in [2.24, 2.45) is 5.92 Å². The summed E-state index contributed by atoms with van der Waals surface area (Å²) in [6.45, 7) is 2.12. The fourth-order valence-electron chi connectivity index (χ4n) is 2.67. The minimum absolute atomic E-state index is 0.281. The van der Waals surface area contributed by atoms with Crippen molar-refractivity contribution in [3.05, 3.63) is 24.3 Å². The average Bonchev–Trinajstić information content (AvgIpc) is 2.89. The third-order valence-electron chi connectivity index (χ3n) is 3.71. The molecule has 1 aromatic heterocycles. The Balaban J connectivity index is 1.70. The summed E-state index contributed by atoms with van der Waals surface area (Å²) in [4.78, 5) is 6.60. The van der Waals surface area contributed by atoms with Crippen LogP contribution in [-0.2, 0) is 10.0 Å². The van der Waals surface area contributed by atoms with Crippen molar-refractivity contribution in [1.29, 1.82) is 0 Å². The first-order valence-corrected chi connectivity index (χ1v) is 8.95. The average molecular weight is 309 g/mol. The molecule has 6 nitrogen and oxygen atoms in total. The van der Waals surface area contributed by atoms with E-state index in [4.69, 9.17) is 4.42 Å². The van der Waals surface area contributed by atoms with E-state index >= 15 is 0 Å². The van der Waals surface area contributed by atoms with E-state index in [1.807, 2.05) is 24.3 Å². The van der Waals surface area contributed by atoms with Gasteiger partial charge >= 0.3 is 0 Å². The standard InChI is InChI=1S/C14H19N3O3S/c1-21(18,19)15-9-11-5-4-8-17(10-11)14-16-12-6-2-3-7-13(12)20-14/h2-3,6-7,11,15H,4-5,8-10H2,1H3. The van der Waals surface area contributed by atoms with Gasteiger partial charge in [-0.25, -0.2) is 13.1 Å². The summed E-state index contributed by atoms with van der Waals surface area (Å²) < 4.78 is 30.7. The molecule has 2 heterocycles.